The largest absolute Gasteiger partial charge is 0.489 e. The number of unbranched alkanes of at least 4 members (excludes halogenated alkanes) is 1. The maximum atomic E-state index is 12.5. The Morgan fingerprint density at radius 3 is 2.50 bits per heavy atom. The molecule has 1 N–H and O–H groups in total. The molecule has 0 aromatic heterocycles. The van der Waals surface area contributed by atoms with Gasteiger partial charge in [-0.05, 0) is 44.4 Å². The molecular formula is C22H36FN3O3S. The number of rotatable bonds is 11. The topological polar surface area (TPSA) is 61.9 Å². The summed E-state index contributed by atoms with van der Waals surface area (Å²) >= 11 is 0. The van der Waals surface area contributed by atoms with Crippen molar-refractivity contribution in [2.24, 2.45) is 0 Å². The van der Waals surface area contributed by atoms with Crippen LogP contribution in [0.25, 0.3) is 0 Å². The SMILES string of the molecule is O=S(=O)(NCCCCN1CCN(c2ccccc2OCCF)CC1)C1CCCCC1. The molecule has 1 saturated heterocycles. The summed E-state index contributed by atoms with van der Waals surface area (Å²) in [6, 6.07) is 7.82. The number of nitrogens with one attached hydrogen (secondary N) is 1. The van der Waals surface area contributed by atoms with Crippen LogP contribution in [0.4, 0.5) is 10.1 Å². The number of hydrogen-bond donors (Lipinski definition) is 1. The summed E-state index contributed by atoms with van der Waals surface area (Å²) in [5.41, 5.74) is 1.03. The molecule has 8 heteroatoms. The van der Waals surface area contributed by atoms with Gasteiger partial charge in [-0.15, -0.1) is 0 Å². The average Bonchev–Trinajstić information content (AvgIpc) is 2.79. The molecule has 1 aliphatic heterocycles. The van der Waals surface area contributed by atoms with Gasteiger partial charge in [0.15, 0.2) is 0 Å². The van der Waals surface area contributed by atoms with E-state index < -0.39 is 16.7 Å². The van der Waals surface area contributed by atoms with E-state index in [0.29, 0.717) is 6.54 Å². The minimum absolute atomic E-state index is 0.0848. The van der Waals surface area contributed by atoms with Crippen LogP contribution in [-0.4, -0.2) is 71.1 Å². The number of para-hydroxylation sites is 2. The van der Waals surface area contributed by atoms with Crippen LogP contribution in [-0.2, 0) is 10.0 Å². The summed E-state index contributed by atoms with van der Waals surface area (Å²) in [6.45, 7) is 4.86. The van der Waals surface area contributed by atoms with Gasteiger partial charge in [0, 0.05) is 32.7 Å². The predicted molar refractivity (Wildman–Crippen MR) is 120 cm³/mol. The fourth-order valence-corrected chi connectivity index (χ4v) is 5.99. The fourth-order valence-electron chi connectivity index (χ4n) is 4.37. The second-order valence-electron chi connectivity index (χ2n) is 8.24. The second-order valence-corrected chi connectivity index (χ2v) is 10.3. The van der Waals surface area contributed by atoms with Gasteiger partial charge in [0.1, 0.15) is 19.0 Å². The van der Waals surface area contributed by atoms with Crippen LogP contribution in [0.5, 0.6) is 5.75 Å². The highest BCUT2D eigenvalue weighted by Gasteiger charge is 2.26. The first-order chi connectivity index (χ1) is 14.6. The third-order valence-corrected chi connectivity index (χ3v) is 8.06. The van der Waals surface area contributed by atoms with Gasteiger partial charge in [0.25, 0.3) is 0 Å². The van der Waals surface area contributed by atoms with Crippen molar-refractivity contribution in [3.8, 4) is 5.75 Å². The lowest BCUT2D eigenvalue weighted by molar-refractivity contribution is 0.249. The number of piperazine rings is 1. The Hall–Kier alpha value is -1.38. The van der Waals surface area contributed by atoms with Crippen molar-refractivity contribution >= 4 is 15.7 Å². The van der Waals surface area contributed by atoms with Gasteiger partial charge in [-0.25, -0.2) is 17.5 Å². The lowest BCUT2D eigenvalue weighted by Gasteiger charge is -2.36. The van der Waals surface area contributed by atoms with Crippen LogP contribution < -0.4 is 14.4 Å². The van der Waals surface area contributed by atoms with Crippen molar-refractivity contribution in [3.05, 3.63) is 24.3 Å². The number of ether oxygens (including phenoxy) is 1. The molecule has 1 saturated carbocycles. The van der Waals surface area contributed by atoms with Gasteiger partial charge in [-0.1, -0.05) is 31.4 Å². The number of sulfonamides is 1. The Morgan fingerprint density at radius 1 is 1.03 bits per heavy atom. The molecule has 6 nitrogen and oxygen atoms in total. The van der Waals surface area contributed by atoms with Gasteiger partial charge in [0.05, 0.1) is 10.9 Å². The first-order valence-corrected chi connectivity index (χ1v) is 12.9. The Bertz CT molecular complexity index is 733. The number of benzene rings is 1. The van der Waals surface area contributed by atoms with Crippen LogP contribution in [0.1, 0.15) is 44.9 Å². The Balaban J connectivity index is 1.34. The fraction of sp³-hybridized carbons (Fsp3) is 0.727. The molecule has 0 amide bonds. The molecule has 0 radical (unpaired) electrons. The summed E-state index contributed by atoms with van der Waals surface area (Å²) in [5.74, 6) is 0.744. The van der Waals surface area contributed by atoms with E-state index in [-0.39, 0.29) is 11.9 Å². The Morgan fingerprint density at radius 2 is 1.77 bits per heavy atom. The molecule has 0 atom stereocenters. The van der Waals surface area contributed by atoms with Crippen LogP contribution >= 0.6 is 0 Å². The average molecular weight is 442 g/mol. The number of halogens is 1. The monoisotopic (exact) mass is 441 g/mol. The van der Waals surface area contributed by atoms with E-state index >= 15 is 0 Å². The molecule has 1 aromatic carbocycles. The minimum atomic E-state index is -3.14. The van der Waals surface area contributed by atoms with E-state index in [2.05, 4.69) is 14.5 Å². The number of anilines is 1. The van der Waals surface area contributed by atoms with Gasteiger partial charge >= 0.3 is 0 Å². The number of nitrogens with zero attached hydrogens (tertiary/aromatic N) is 2. The van der Waals surface area contributed by atoms with Crippen molar-refractivity contribution in [3.63, 3.8) is 0 Å². The second kappa shape index (κ2) is 11.9. The first kappa shape index (κ1) is 23.3. The molecule has 0 spiro atoms. The van der Waals surface area contributed by atoms with Crippen molar-refractivity contribution < 1.29 is 17.5 Å². The lowest BCUT2D eigenvalue weighted by Crippen LogP contribution is -2.46. The van der Waals surface area contributed by atoms with Crippen molar-refractivity contribution in [1.29, 1.82) is 0 Å². The molecule has 1 heterocycles. The normalized spacial score (nSPS) is 19.2. The predicted octanol–water partition coefficient (Wildman–Crippen LogP) is 3.19. The van der Waals surface area contributed by atoms with E-state index in [1.165, 1.54) is 0 Å². The highest BCUT2D eigenvalue weighted by molar-refractivity contribution is 7.90. The van der Waals surface area contributed by atoms with Crippen LogP contribution in [0, 0.1) is 0 Å². The van der Waals surface area contributed by atoms with Crippen LogP contribution in [0.2, 0.25) is 0 Å². The maximum absolute atomic E-state index is 12.5. The van der Waals surface area contributed by atoms with Gasteiger partial charge in [-0.3, -0.25) is 4.90 Å². The molecule has 170 valence electrons. The molecule has 2 fully saturated rings. The Kier molecular flexibility index (Phi) is 9.21. The smallest absolute Gasteiger partial charge is 0.214 e. The Labute approximate surface area is 180 Å². The number of alkyl halides is 1. The van der Waals surface area contributed by atoms with Gasteiger partial charge < -0.3 is 9.64 Å². The molecule has 1 aromatic rings. The first-order valence-electron chi connectivity index (χ1n) is 11.3. The standard InChI is InChI=1S/C22H36FN3O3S/c23-12-19-29-22-11-5-4-10-21(22)26-17-15-25(16-18-26)14-7-6-13-24-30(27,28)20-8-2-1-3-9-20/h4-5,10-11,20,24H,1-3,6-9,12-19H2. The molecule has 0 unspecified atom stereocenters. The van der Waals surface area contributed by atoms with Gasteiger partial charge in [0.2, 0.25) is 10.0 Å². The van der Waals surface area contributed by atoms with Crippen molar-refractivity contribution in [2.75, 3.05) is 57.4 Å². The van der Waals surface area contributed by atoms with Crippen molar-refractivity contribution in [1.82, 2.24) is 9.62 Å². The summed E-state index contributed by atoms with van der Waals surface area (Å²) in [6.07, 6.45) is 6.70. The quantitative estimate of drug-likeness (QED) is 0.535. The zero-order valence-electron chi connectivity index (χ0n) is 17.9. The van der Waals surface area contributed by atoms with E-state index in [9.17, 15) is 12.8 Å². The molecule has 0 bridgehead atoms. The lowest BCUT2D eigenvalue weighted by atomic mass is 10.0. The van der Waals surface area contributed by atoms with E-state index in [4.69, 9.17) is 4.74 Å². The van der Waals surface area contributed by atoms with E-state index in [0.717, 1.165) is 89.1 Å². The van der Waals surface area contributed by atoms with E-state index in [1.807, 2.05) is 24.3 Å². The maximum Gasteiger partial charge on any atom is 0.214 e. The summed E-state index contributed by atoms with van der Waals surface area (Å²) in [5, 5.41) is -0.184. The highest BCUT2D eigenvalue weighted by atomic mass is 32.2. The summed E-state index contributed by atoms with van der Waals surface area (Å²) < 4.78 is 45.5. The van der Waals surface area contributed by atoms with Crippen LogP contribution in [0.3, 0.4) is 0 Å². The zero-order chi connectivity index (χ0) is 21.2. The molecular weight excluding hydrogens is 405 g/mol. The molecule has 30 heavy (non-hydrogen) atoms. The summed E-state index contributed by atoms with van der Waals surface area (Å²) in [4.78, 5) is 4.72. The van der Waals surface area contributed by atoms with Crippen LogP contribution in [0.15, 0.2) is 24.3 Å². The molecule has 3 rings (SSSR count). The number of hydrogen-bond acceptors (Lipinski definition) is 5. The third kappa shape index (κ3) is 6.82. The third-order valence-electron chi connectivity index (χ3n) is 6.11. The summed E-state index contributed by atoms with van der Waals surface area (Å²) in [7, 11) is -3.14. The minimum Gasteiger partial charge on any atom is -0.489 e. The van der Waals surface area contributed by atoms with Gasteiger partial charge in [-0.2, -0.15) is 0 Å². The van der Waals surface area contributed by atoms with Crippen molar-refractivity contribution in [2.45, 2.75) is 50.2 Å². The molecule has 1 aliphatic carbocycles. The van der Waals surface area contributed by atoms with E-state index in [1.54, 1.807) is 0 Å². The molecule has 2 aliphatic rings. The zero-order valence-corrected chi connectivity index (χ0v) is 18.7. The highest BCUT2D eigenvalue weighted by Crippen LogP contribution is 2.29.